The molecule has 2 aliphatic carbocycles. The van der Waals surface area contributed by atoms with Gasteiger partial charge in [0.2, 0.25) is 10.0 Å². The monoisotopic (exact) mass is 768 g/mol. The number of rotatable bonds is 6. The summed E-state index contributed by atoms with van der Waals surface area (Å²) in [6, 6.07) is 18.6. The SMILES string of the molecule is NC1CCC(N)CC1.NC1CCC(NS(=O)(=O)c2ccc(-c3ccc(F)cc3F)cc2)CC1.O=S(=O)(Cl)c1ccc(-c2ccc(F)cc2F)cc1. The number of nitrogens with one attached hydrogen (secondary N) is 1. The lowest BCUT2D eigenvalue weighted by Crippen LogP contribution is -2.40. The lowest BCUT2D eigenvalue weighted by molar-refractivity contribution is 0.373. The zero-order valence-electron chi connectivity index (χ0n) is 27.6. The third-order valence-corrected chi connectivity index (χ3v) is 11.6. The van der Waals surface area contributed by atoms with Crippen LogP contribution in [0.5, 0.6) is 0 Å². The van der Waals surface area contributed by atoms with E-state index in [2.05, 4.69) is 4.72 Å². The second-order valence-corrected chi connectivity index (χ2v) is 16.9. The van der Waals surface area contributed by atoms with Crippen molar-refractivity contribution in [1.82, 2.24) is 4.72 Å². The summed E-state index contributed by atoms with van der Waals surface area (Å²) in [4.78, 5) is 0.0454. The molecule has 276 valence electrons. The van der Waals surface area contributed by atoms with E-state index in [0.29, 0.717) is 23.2 Å². The number of halogens is 5. The van der Waals surface area contributed by atoms with Crippen LogP contribution in [0.1, 0.15) is 51.4 Å². The minimum absolute atomic E-state index is 0.0737. The van der Waals surface area contributed by atoms with Crippen LogP contribution < -0.4 is 21.9 Å². The maximum atomic E-state index is 13.8. The first-order valence-corrected chi connectivity index (χ1v) is 20.2. The van der Waals surface area contributed by atoms with E-state index < -0.39 is 42.3 Å². The van der Waals surface area contributed by atoms with E-state index in [1.165, 1.54) is 66.7 Å². The highest BCUT2D eigenvalue weighted by molar-refractivity contribution is 8.13. The van der Waals surface area contributed by atoms with Gasteiger partial charge in [0, 0.05) is 58.1 Å². The molecule has 0 bridgehead atoms. The molecule has 4 aromatic rings. The lowest BCUT2D eigenvalue weighted by atomic mass is 9.93. The van der Waals surface area contributed by atoms with Gasteiger partial charge < -0.3 is 17.2 Å². The molecule has 0 aliphatic heterocycles. The van der Waals surface area contributed by atoms with Crippen LogP contribution in [-0.4, -0.2) is 41.0 Å². The summed E-state index contributed by atoms with van der Waals surface area (Å²) in [5.41, 5.74) is 18.5. The molecular formula is C36H41ClF4N4O4S2. The fraction of sp³-hybridized carbons (Fsp3) is 0.333. The van der Waals surface area contributed by atoms with Crippen LogP contribution >= 0.6 is 10.7 Å². The van der Waals surface area contributed by atoms with Crippen molar-refractivity contribution in [3.05, 3.63) is 108 Å². The van der Waals surface area contributed by atoms with Gasteiger partial charge in [-0.1, -0.05) is 24.3 Å². The number of hydrogen-bond acceptors (Lipinski definition) is 7. The molecular weight excluding hydrogens is 728 g/mol. The highest BCUT2D eigenvalue weighted by Gasteiger charge is 2.24. The highest BCUT2D eigenvalue weighted by atomic mass is 35.7. The molecule has 4 aromatic carbocycles. The van der Waals surface area contributed by atoms with E-state index in [0.717, 1.165) is 69.6 Å². The van der Waals surface area contributed by atoms with Crippen molar-refractivity contribution in [2.45, 2.75) is 85.3 Å². The average molecular weight is 769 g/mol. The second-order valence-electron chi connectivity index (χ2n) is 12.6. The fourth-order valence-corrected chi connectivity index (χ4v) is 7.80. The molecule has 0 unspecified atom stereocenters. The standard InChI is InChI=1S/C18H20F2N2O2S.C12H7ClF2O2S.C6H14N2/c19-13-3-10-17(18(20)11-13)12-1-8-16(9-2-12)25(23,24)22-15-6-4-14(21)5-7-15;13-18(16,17)10-4-1-8(2-5-10)11-6-3-9(14)7-12(11)15;7-5-1-2-6(8)4-3-5/h1-3,8-11,14-15,22H,4-7,21H2;1-7H;5-6H,1-4,7-8H2. The number of benzene rings is 4. The molecule has 8 nitrogen and oxygen atoms in total. The van der Waals surface area contributed by atoms with Gasteiger partial charge in [-0.05, 0) is 111 Å². The maximum absolute atomic E-state index is 13.8. The molecule has 0 spiro atoms. The molecule has 2 aliphatic rings. The topological polar surface area (TPSA) is 158 Å². The van der Waals surface area contributed by atoms with Gasteiger partial charge in [-0.2, -0.15) is 0 Å². The molecule has 0 heterocycles. The van der Waals surface area contributed by atoms with Crippen molar-refractivity contribution < 1.29 is 34.4 Å². The number of nitrogens with two attached hydrogens (primary N) is 3. The Hall–Kier alpha value is -3.37. The molecule has 15 heteroatoms. The minimum Gasteiger partial charge on any atom is -0.328 e. The van der Waals surface area contributed by atoms with Crippen LogP contribution in [0, 0.1) is 23.3 Å². The molecule has 7 N–H and O–H groups in total. The van der Waals surface area contributed by atoms with Gasteiger partial charge in [0.1, 0.15) is 23.3 Å². The Bertz CT molecular complexity index is 1960. The maximum Gasteiger partial charge on any atom is 0.261 e. The molecule has 6 rings (SSSR count). The van der Waals surface area contributed by atoms with Gasteiger partial charge in [0.25, 0.3) is 9.05 Å². The van der Waals surface area contributed by atoms with E-state index in [1.807, 2.05) is 0 Å². The summed E-state index contributed by atoms with van der Waals surface area (Å²) < 4.78 is 103. The van der Waals surface area contributed by atoms with Crippen molar-refractivity contribution in [1.29, 1.82) is 0 Å². The fourth-order valence-electron chi connectivity index (χ4n) is 5.73. The van der Waals surface area contributed by atoms with Crippen molar-refractivity contribution in [3.8, 4) is 22.3 Å². The summed E-state index contributed by atoms with van der Waals surface area (Å²) in [6.45, 7) is 0. The first kappa shape index (κ1) is 40.4. The van der Waals surface area contributed by atoms with E-state index >= 15 is 0 Å². The molecule has 51 heavy (non-hydrogen) atoms. The molecule has 0 atom stereocenters. The molecule has 0 saturated heterocycles. The molecule has 0 radical (unpaired) electrons. The largest absolute Gasteiger partial charge is 0.328 e. The molecule has 2 fully saturated rings. The van der Waals surface area contributed by atoms with Crippen LogP contribution in [0.25, 0.3) is 22.3 Å². The van der Waals surface area contributed by atoms with Crippen LogP contribution in [0.15, 0.2) is 94.7 Å². The van der Waals surface area contributed by atoms with Gasteiger partial charge in [-0.15, -0.1) is 0 Å². The zero-order valence-corrected chi connectivity index (χ0v) is 30.0. The smallest absolute Gasteiger partial charge is 0.261 e. The van der Waals surface area contributed by atoms with E-state index in [1.54, 1.807) is 0 Å². The van der Waals surface area contributed by atoms with Crippen LogP contribution in [0.2, 0.25) is 0 Å². The Morgan fingerprint density at radius 3 is 1.24 bits per heavy atom. The van der Waals surface area contributed by atoms with Crippen molar-refractivity contribution >= 4 is 29.8 Å². The second kappa shape index (κ2) is 17.9. The van der Waals surface area contributed by atoms with Crippen LogP contribution in [0.3, 0.4) is 0 Å². The quantitative estimate of drug-likeness (QED) is 0.122. The average Bonchev–Trinajstić information content (AvgIpc) is 3.07. The zero-order chi connectivity index (χ0) is 37.3. The summed E-state index contributed by atoms with van der Waals surface area (Å²) in [5, 5.41) is 0. The predicted molar refractivity (Wildman–Crippen MR) is 192 cm³/mol. The number of sulfonamides is 1. The molecule has 0 aromatic heterocycles. The Kier molecular flexibility index (Phi) is 14.2. The van der Waals surface area contributed by atoms with Crippen LogP contribution in [-0.2, 0) is 19.1 Å². The minimum atomic E-state index is -3.80. The van der Waals surface area contributed by atoms with Crippen molar-refractivity contribution in [3.63, 3.8) is 0 Å². The van der Waals surface area contributed by atoms with Gasteiger partial charge in [0.05, 0.1) is 9.79 Å². The number of hydrogen-bond donors (Lipinski definition) is 4. The van der Waals surface area contributed by atoms with E-state index in [4.69, 9.17) is 27.9 Å². The summed E-state index contributed by atoms with van der Waals surface area (Å²) in [7, 11) is -2.28. The van der Waals surface area contributed by atoms with Gasteiger partial charge in [-0.25, -0.2) is 39.1 Å². The Morgan fingerprint density at radius 1 is 0.529 bits per heavy atom. The van der Waals surface area contributed by atoms with E-state index in [-0.39, 0.29) is 33.0 Å². The third-order valence-electron chi connectivity index (χ3n) is 8.69. The van der Waals surface area contributed by atoms with E-state index in [9.17, 15) is 34.4 Å². The predicted octanol–water partition coefficient (Wildman–Crippen LogP) is 6.95. The summed E-state index contributed by atoms with van der Waals surface area (Å²) in [6.07, 6.45) is 7.55. The summed E-state index contributed by atoms with van der Waals surface area (Å²) >= 11 is 0. The van der Waals surface area contributed by atoms with Crippen molar-refractivity contribution in [2.24, 2.45) is 17.2 Å². The Labute approximate surface area is 300 Å². The normalized spacial score (nSPS) is 20.7. The molecule has 0 amide bonds. The third kappa shape index (κ3) is 12.1. The first-order valence-electron chi connectivity index (χ1n) is 16.4. The first-order chi connectivity index (χ1) is 24.0. The van der Waals surface area contributed by atoms with Gasteiger partial charge in [-0.3, -0.25) is 0 Å². The Balaban J connectivity index is 0.000000194. The summed E-state index contributed by atoms with van der Waals surface area (Å²) in [5.74, 6) is -2.73. The van der Waals surface area contributed by atoms with Gasteiger partial charge >= 0.3 is 0 Å². The highest BCUT2D eigenvalue weighted by Crippen LogP contribution is 2.27. The van der Waals surface area contributed by atoms with Crippen LogP contribution in [0.4, 0.5) is 17.6 Å². The molecule has 2 saturated carbocycles. The lowest BCUT2D eigenvalue weighted by Gasteiger charge is -2.26. The van der Waals surface area contributed by atoms with Gasteiger partial charge in [0.15, 0.2) is 0 Å². The van der Waals surface area contributed by atoms with Crippen molar-refractivity contribution in [2.75, 3.05) is 0 Å². The Morgan fingerprint density at radius 2 is 0.882 bits per heavy atom.